The van der Waals surface area contributed by atoms with Crippen LogP contribution in [0.3, 0.4) is 0 Å². The lowest BCUT2D eigenvalue weighted by Gasteiger charge is -2.35. The standard InChI is InChI=1S/C12H18BrN3OS/c13-11-2-1-10(18-11)9(7-14)16-5-3-8(4-6-16)12(15)17/h1-2,8-9H,3-7,14H2,(H2,15,17). The number of amides is 1. The molecule has 2 heterocycles. The SMILES string of the molecule is NCC(c1ccc(Br)s1)N1CCC(C(N)=O)CC1. The second-order valence-electron chi connectivity index (χ2n) is 4.61. The van der Waals surface area contributed by atoms with E-state index < -0.39 is 0 Å². The predicted octanol–water partition coefficient (Wildman–Crippen LogP) is 1.71. The predicted molar refractivity (Wildman–Crippen MR) is 77.3 cm³/mol. The fraction of sp³-hybridized carbons (Fsp3) is 0.583. The van der Waals surface area contributed by atoms with Gasteiger partial charge in [-0.1, -0.05) is 0 Å². The average molecular weight is 332 g/mol. The van der Waals surface area contributed by atoms with Crippen molar-refractivity contribution >= 4 is 33.2 Å². The summed E-state index contributed by atoms with van der Waals surface area (Å²) >= 11 is 5.20. The van der Waals surface area contributed by atoms with Crippen LogP contribution in [0.4, 0.5) is 0 Å². The van der Waals surface area contributed by atoms with E-state index in [1.165, 1.54) is 4.88 Å². The van der Waals surface area contributed by atoms with Gasteiger partial charge in [0.1, 0.15) is 0 Å². The number of carbonyl (C=O) groups excluding carboxylic acids is 1. The Morgan fingerprint density at radius 3 is 2.61 bits per heavy atom. The molecule has 1 amide bonds. The minimum absolute atomic E-state index is 0.0368. The number of primary amides is 1. The number of hydrogen-bond donors (Lipinski definition) is 2. The van der Waals surface area contributed by atoms with Crippen LogP contribution in [-0.2, 0) is 4.79 Å². The van der Waals surface area contributed by atoms with Gasteiger partial charge in [0, 0.05) is 17.3 Å². The highest BCUT2D eigenvalue weighted by atomic mass is 79.9. The summed E-state index contributed by atoms with van der Waals surface area (Å²) in [6.07, 6.45) is 1.69. The molecule has 2 rings (SSSR count). The topological polar surface area (TPSA) is 72.3 Å². The number of nitrogens with two attached hydrogens (primary N) is 2. The maximum atomic E-state index is 11.1. The molecule has 4 nitrogen and oxygen atoms in total. The minimum Gasteiger partial charge on any atom is -0.369 e. The monoisotopic (exact) mass is 331 g/mol. The van der Waals surface area contributed by atoms with Crippen LogP contribution in [0, 0.1) is 5.92 Å². The molecule has 1 saturated heterocycles. The van der Waals surface area contributed by atoms with Crippen molar-refractivity contribution in [3.63, 3.8) is 0 Å². The van der Waals surface area contributed by atoms with Crippen LogP contribution in [0.1, 0.15) is 23.8 Å². The molecule has 6 heteroatoms. The fourth-order valence-electron chi connectivity index (χ4n) is 2.45. The molecule has 0 aromatic carbocycles. The molecule has 4 N–H and O–H groups in total. The summed E-state index contributed by atoms with van der Waals surface area (Å²) in [6.45, 7) is 2.39. The summed E-state index contributed by atoms with van der Waals surface area (Å²) < 4.78 is 1.13. The first kappa shape index (κ1) is 14.0. The molecule has 1 fully saturated rings. The van der Waals surface area contributed by atoms with E-state index in [9.17, 15) is 4.79 Å². The molecule has 1 aliphatic heterocycles. The zero-order valence-corrected chi connectivity index (χ0v) is 12.5. The molecule has 0 spiro atoms. The van der Waals surface area contributed by atoms with E-state index in [4.69, 9.17) is 11.5 Å². The van der Waals surface area contributed by atoms with Gasteiger partial charge in [-0.25, -0.2) is 0 Å². The lowest BCUT2D eigenvalue weighted by Crippen LogP contribution is -2.42. The molecule has 1 aromatic heterocycles. The molecular weight excluding hydrogens is 314 g/mol. The largest absolute Gasteiger partial charge is 0.369 e. The maximum absolute atomic E-state index is 11.1. The second-order valence-corrected chi connectivity index (χ2v) is 7.10. The Balaban J connectivity index is 2.00. The Hall–Kier alpha value is -0.430. The number of carbonyl (C=O) groups is 1. The van der Waals surface area contributed by atoms with Crippen molar-refractivity contribution in [2.75, 3.05) is 19.6 Å². The van der Waals surface area contributed by atoms with Crippen LogP contribution in [-0.4, -0.2) is 30.4 Å². The number of hydrogen-bond acceptors (Lipinski definition) is 4. The van der Waals surface area contributed by atoms with Crippen molar-refractivity contribution in [3.8, 4) is 0 Å². The molecule has 0 aliphatic carbocycles. The van der Waals surface area contributed by atoms with Crippen molar-refractivity contribution in [2.24, 2.45) is 17.4 Å². The van der Waals surface area contributed by atoms with Crippen LogP contribution < -0.4 is 11.5 Å². The number of nitrogens with zero attached hydrogens (tertiary/aromatic N) is 1. The van der Waals surface area contributed by atoms with E-state index in [1.807, 2.05) is 0 Å². The zero-order chi connectivity index (χ0) is 13.1. The molecule has 18 heavy (non-hydrogen) atoms. The molecule has 100 valence electrons. The van der Waals surface area contributed by atoms with E-state index in [1.54, 1.807) is 11.3 Å². The minimum atomic E-state index is -0.169. The average Bonchev–Trinajstić information content (AvgIpc) is 2.77. The molecular formula is C12H18BrN3OS. The second kappa shape index (κ2) is 6.14. The van der Waals surface area contributed by atoms with Gasteiger partial charge in [-0.05, 0) is 54.0 Å². The third-order valence-corrected chi connectivity index (χ3v) is 5.24. The molecule has 1 aliphatic rings. The Morgan fingerprint density at radius 1 is 1.50 bits per heavy atom. The molecule has 1 unspecified atom stereocenters. The summed E-state index contributed by atoms with van der Waals surface area (Å²) in [6, 6.07) is 4.43. The number of likely N-dealkylation sites (tertiary alicyclic amines) is 1. The molecule has 0 bridgehead atoms. The van der Waals surface area contributed by atoms with E-state index in [-0.39, 0.29) is 17.9 Å². The summed E-state index contributed by atoms with van der Waals surface area (Å²) in [5, 5.41) is 0. The van der Waals surface area contributed by atoms with Gasteiger partial charge in [0.05, 0.1) is 9.83 Å². The van der Waals surface area contributed by atoms with Gasteiger partial charge in [0.25, 0.3) is 0 Å². The van der Waals surface area contributed by atoms with Crippen LogP contribution in [0.5, 0.6) is 0 Å². The lowest BCUT2D eigenvalue weighted by atomic mass is 9.95. The normalized spacial score (nSPS) is 19.9. The quantitative estimate of drug-likeness (QED) is 0.882. The summed E-state index contributed by atoms with van der Waals surface area (Å²) in [4.78, 5) is 14.8. The van der Waals surface area contributed by atoms with Crippen molar-refractivity contribution in [3.05, 3.63) is 20.8 Å². The van der Waals surface area contributed by atoms with E-state index >= 15 is 0 Å². The van der Waals surface area contributed by atoms with Gasteiger partial charge in [-0.2, -0.15) is 0 Å². The van der Waals surface area contributed by atoms with Crippen molar-refractivity contribution in [1.82, 2.24) is 4.90 Å². The highest BCUT2D eigenvalue weighted by Gasteiger charge is 2.28. The van der Waals surface area contributed by atoms with Crippen LogP contribution in [0.25, 0.3) is 0 Å². The first-order valence-electron chi connectivity index (χ1n) is 6.10. The first-order valence-corrected chi connectivity index (χ1v) is 7.71. The van der Waals surface area contributed by atoms with Crippen LogP contribution >= 0.6 is 27.3 Å². The van der Waals surface area contributed by atoms with Gasteiger partial charge in [0.15, 0.2) is 0 Å². The highest BCUT2D eigenvalue weighted by molar-refractivity contribution is 9.11. The third kappa shape index (κ3) is 3.12. The lowest BCUT2D eigenvalue weighted by molar-refractivity contribution is -0.123. The van der Waals surface area contributed by atoms with Gasteiger partial charge in [0.2, 0.25) is 5.91 Å². The Morgan fingerprint density at radius 2 is 2.17 bits per heavy atom. The van der Waals surface area contributed by atoms with Gasteiger partial charge in [-0.3, -0.25) is 9.69 Å². The first-order chi connectivity index (χ1) is 8.61. The van der Waals surface area contributed by atoms with Gasteiger partial charge < -0.3 is 11.5 Å². The number of rotatable bonds is 4. The smallest absolute Gasteiger partial charge is 0.220 e. The van der Waals surface area contributed by atoms with Crippen molar-refractivity contribution in [1.29, 1.82) is 0 Å². The third-order valence-electron chi connectivity index (χ3n) is 3.52. The Bertz CT molecular complexity index is 415. The van der Waals surface area contributed by atoms with Gasteiger partial charge >= 0.3 is 0 Å². The summed E-state index contributed by atoms with van der Waals surface area (Å²) in [5.74, 6) is -0.132. The van der Waals surface area contributed by atoms with Crippen LogP contribution in [0.15, 0.2) is 15.9 Å². The van der Waals surface area contributed by atoms with Crippen molar-refractivity contribution in [2.45, 2.75) is 18.9 Å². The summed E-state index contributed by atoms with van der Waals surface area (Å²) in [7, 11) is 0. The van der Waals surface area contributed by atoms with E-state index in [0.29, 0.717) is 6.54 Å². The van der Waals surface area contributed by atoms with Crippen molar-refractivity contribution < 1.29 is 4.79 Å². The van der Waals surface area contributed by atoms with Crippen LogP contribution in [0.2, 0.25) is 0 Å². The van der Waals surface area contributed by atoms with E-state index in [2.05, 4.69) is 33.0 Å². The summed E-state index contributed by atoms with van der Waals surface area (Å²) in [5.41, 5.74) is 11.2. The maximum Gasteiger partial charge on any atom is 0.220 e. The number of thiophene rings is 1. The Labute approximate surface area is 119 Å². The zero-order valence-electron chi connectivity index (χ0n) is 10.1. The highest BCUT2D eigenvalue weighted by Crippen LogP contribution is 2.32. The van der Waals surface area contributed by atoms with E-state index in [0.717, 1.165) is 29.7 Å². The van der Waals surface area contributed by atoms with Gasteiger partial charge in [-0.15, -0.1) is 11.3 Å². The number of halogens is 1. The number of piperidine rings is 1. The fourth-order valence-corrected chi connectivity index (χ4v) is 4.02. The molecule has 1 atom stereocenters. The Kier molecular flexibility index (Phi) is 4.77. The molecule has 0 saturated carbocycles. The molecule has 1 aromatic rings. The molecule has 0 radical (unpaired) electrons.